The maximum Gasteiger partial charge on any atom is 0.332 e. The molecule has 3 rings (SSSR count). The molecule has 0 saturated carbocycles. The van der Waals surface area contributed by atoms with Crippen LogP contribution < -0.4 is 5.69 Å². The van der Waals surface area contributed by atoms with Gasteiger partial charge in [0.05, 0.1) is 11.2 Å². The van der Waals surface area contributed by atoms with Gasteiger partial charge in [-0.05, 0) is 25.0 Å². The van der Waals surface area contributed by atoms with Gasteiger partial charge in [-0.15, -0.1) is 0 Å². The van der Waals surface area contributed by atoms with E-state index in [1.165, 1.54) is 0 Å². The van der Waals surface area contributed by atoms with Crippen molar-refractivity contribution in [1.29, 1.82) is 0 Å². The molecule has 0 aliphatic heterocycles. The smallest absolute Gasteiger partial charge is 0.305 e. The summed E-state index contributed by atoms with van der Waals surface area (Å²) < 4.78 is 1.60. The van der Waals surface area contributed by atoms with Crippen LogP contribution in [0.1, 0.15) is 31.2 Å². The number of H-pyrrole nitrogens is 1. The first kappa shape index (κ1) is 11.0. The highest BCUT2D eigenvalue weighted by Crippen LogP contribution is 2.21. The second-order valence-corrected chi connectivity index (χ2v) is 4.73. The zero-order chi connectivity index (χ0) is 12.9. The van der Waals surface area contributed by atoms with Gasteiger partial charge in [0.25, 0.3) is 0 Å². The lowest BCUT2D eigenvalue weighted by Gasteiger charge is -2.01. The predicted molar refractivity (Wildman–Crippen MR) is 69.9 cm³/mol. The Morgan fingerprint density at radius 1 is 1.39 bits per heavy atom. The molecule has 0 spiro atoms. The van der Waals surface area contributed by atoms with Crippen LogP contribution in [0.3, 0.4) is 0 Å². The number of hydrogen-bond acceptors (Lipinski definition) is 3. The number of aromatic nitrogens is 4. The van der Waals surface area contributed by atoms with E-state index >= 15 is 0 Å². The van der Waals surface area contributed by atoms with Gasteiger partial charge in [0.1, 0.15) is 5.52 Å². The van der Waals surface area contributed by atoms with Crippen molar-refractivity contribution in [3.8, 4) is 0 Å². The number of aromatic amines is 1. The molecular weight excluding hydrogens is 228 g/mol. The lowest BCUT2D eigenvalue weighted by Crippen LogP contribution is -2.17. The SMILES string of the molecule is Cc1c(C(C)C)nc2c3ncccc3[nH]c(=O)n12. The Morgan fingerprint density at radius 3 is 2.89 bits per heavy atom. The Morgan fingerprint density at radius 2 is 2.17 bits per heavy atom. The summed E-state index contributed by atoms with van der Waals surface area (Å²) in [6.07, 6.45) is 1.71. The molecule has 0 saturated heterocycles. The number of nitrogens with zero attached hydrogens (tertiary/aromatic N) is 3. The molecule has 0 aliphatic carbocycles. The number of rotatable bonds is 1. The third-order valence-corrected chi connectivity index (χ3v) is 3.16. The van der Waals surface area contributed by atoms with Crippen LogP contribution in [-0.2, 0) is 0 Å². The van der Waals surface area contributed by atoms with Gasteiger partial charge in [-0.2, -0.15) is 0 Å². The topological polar surface area (TPSA) is 63.0 Å². The van der Waals surface area contributed by atoms with E-state index in [4.69, 9.17) is 0 Å². The Hall–Kier alpha value is -2.17. The van der Waals surface area contributed by atoms with Gasteiger partial charge in [-0.25, -0.2) is 14.2 Å². The molecule has 0 fully saturated rings. The largest absolute Gasteiger partial charge is 0.332 e. The first-order valence-electron chi connectivity index (χ1n) is 5.95. The first-order chi connectivity index (χ1) is 8.59. The third-order valence-electron chi connectivity index (χ3n) is 3.16. The van der Waals surface area contributed by atoms with Gasteiger partial charge >= 0.3 is 5.69 Å². The molecule has 3 aromatic heterocycles. The van der Waals surface area contributed by atoms with E-state index in [2.05, 4.69) is 28.8 Å². The zero-order valence-electron chi connectivity index (χ0n) is 10.6. The van der Waals surface area contributed by atoms with Gasteiger partial charge in [0.15, 0.2) is 5.65 Å². The van der Waals surface area contributed by atoms with E-state index in [-0.39, 0.29) is 11.6 Å². The normalized spacial score (nSPS) is 11.8. The molecule has 5 nitrogen and oxygen atoms in total. The average Bonchev–Trinajstić information content (AvgIpc) is 2.68. The predicted octanol–water partition coefficient (Wildman–Crippen LogP) is 2.00. The molecule has 18 heavy (non-hydrogen) atoms. The number of fused-ring (bicyclic) bond motifs is 3. The van der Waals surface area contributed by atoms with E-state index < -0.39 is 0 Å². The van der Waals surface area contributed by atoms with Crippen LogP contribution in [0.4, 0.5) is 0 Å². The van der Waals surface area contributed by atoms with Crippen LogP contribution in [-0.4, -0.2) is 19.4 Å². The lowest BCUT2D eigenvalue weighted by molar-refractivity contribution is 0.818. The minimum Gasteiger partial charge on any atom is -0.305 e. The molecule has 0 aromatic carbocycles. The monoisotopic (exact) mass is 242 g/mol. The van der Waals surface area contributed by atoms with Crippen molar-refractivity contribution in [3.05, 3.63) is 40.2 Å². The summed E-state index contributed by atoms with van der Waals surface area (Å²) in [4.78, 5) is 23.8. The molecule has 1 N–H and O–H groups in total. The lowest BCUT2D eigenvalue weighted by atomic mass is 10.1. The van der Waals surface area contributed by atoms with E-state index in [1.807, 2.05) is 13.0 Å². The Labute approximate surface area is 104 Å². The van der Waals surface area contributed by atoms with Crippen molar-refractivity contribution in [2.24, 2.45) is 0 Å². The summed E-state index contributed by atoms with van der Waals surface area (Å²) in [6.45, 7) is 6.05. The van der Waals surface area contributed by atoms with Crippen molar-refractivity contribution >= 4 is 16.7 Å². The highest BCUT2D eigenvalue weighted by atomic mass is 16.1. The van der Waals surface area contributed by atoms with Crippen LogP contribution in [0.5, 0.6) is 0 Å². The Bertz CT molecular complexity index is 798. The fraction of sp³-hybridized carbons (Fsp3) is 0.308. The van der Waals surface area contributed by atoms with Gasteiger partial charge in [-0.3, -0.25) is 4.98 Å². The van der Waals surface area contributed by atoms with Gasteiger partial charge in [-0.1, -0.05) is 13.8 Å². The molecule has 3 aromatic rings. The molecule has 0 bridgehead atoms. The summed E-state index contributed by atoms with van der Waals surface area (Å²) in [7, 11) is 0. The van der Waals surface area contributed by atoms with Gasteiger partial charge < -0.3 is 4.98 Å². The van der Waals surface area contributed by atoms with E-state index in [1.54, 1.807) is 16.7 Å². The molecule has 3 heterocycles. The van der Waals surface area contributed by atoms with Crippen LogP contribution in [0.2, 0.25) is 0 Å². The van der Waals surface area contributed by atoms with Crippen molar-refractivity contribution in [3.63, 3.8) is 0 Å². The quantitative estimate of drug-likeness (QED) is 0.710. The number of imidazole rings is 1. The average molecular weight is 242 g/mol. The molecular formula is C13H14N4O. The first-order valence-corrected chi connectivity index (χ1v) is 5.95. The molecule has 0 radical (unpaired) electrons. The summed E-state index contributed by atoms with van der Waals surface area (Å²) >= 11 is 0. The fourth-order valence-corrected chi connectivity index (χ4v) is 2.33. The van der Waals surface area contributed by atoms with Crippen LogP contribution >= 0.6 is 0 Å². The Balaban J connectivity index is 2.58. The number of nitrogens with one attached hydrogen (secondary N) is 1. The number of aryl methyl sites for hydroxylation is 1. The number of hydrogen-bond donors (Lipinski definition) is 1. The maximum absolute atomic E-state index is 12.1. The van der Waals surface area contributed by atoms with Crippen molar-refractivity contribution in [2.45, 2.75) is 26.7 Å². The summed E-state index contributed by atoms with van der Waals surface area (Å²) in [5, 5.41) is 0. The second kappa shape index (κ2) is 3.66. The fourth-order valence-electron chi connectivity index (χ4n) is 2.33. The second-order valence-electron chi connectivity index (χ2n) is 4.73. The van der Waals surface area contributed by atoms with E-state index in [9.17, 15) is 4.79 Å². The molecule has 0 amide bonds. The summed E-state index contributed by atoms with van der Waals surface area (Å²) in [6, 6.07) is 3.64. The van der Waals surface area contributed by atoms with E-state index in [0.29, 0.717) is 5.65 Å². The minimum atomic E-state index is -0.164. The highest BCUT2D eigenvalue weighted by molar-refractivity contribution is 5.87. The maximum atomic E-state index is 12.1. The van der Waals surface area contributed by atoms with Crippen molar-refractivity contribution in [2.75, 3.05) is 0 Å². The van der Waals surface area contributed by atoms with Crippen LogP contribution in [0.15, 0.2) is 23.1 Å². The summed E-state index contributed by atoms with van der Waals surface area (Å²) in [5.41, 5.74) is 3.74. The third kappa shape index (κ3) is 1.37. The van der Waals surface area contributed by atoms with E-state index in [0.717, 1.165) is 22.4 Å². The van der Waals surface area contributed by atoms with Crippen LogP contribution in [0, 0.1) is 6.92 Å². The molecule has 92 valence electrons. The van der Waals surface area contributed by atoms with Gasteiger partial charge in [0, 0.05) is 11.9 Å². The van der Waals surface area contributed by atoms with Gasteiger partial charge in [0.2, 0.25) is 0 Å². The minimum absolute atomic E-state index is 0.164. The number of pyridine rings is 1. The van der Waals surface area contributed by atoms with Crippen LogP contribution in [0.25, 0.3) is 16.7 Å². The van der Waals surface area contributed by atoms with Crippen molar-refractivity contribution in [1.82, 2.24) is 19.4 Å². The molecule has 0 unspecified atom stereocenters. The molecule has 0 aliphatic rings. The summed E-state index contributed by atoms with van der Waals surface area (Å²) in [5.74, 6) is 0.281. The highest BCUT2D eigenvalue weighted by Gasteiger charge is 2.16. The standard InChI is InChI=1S/C13H14N4O/c1-7(2)10-8(3)17-12(16-10)11-9(15-13(17)18)5-4-6-14-11/h4-7H,1-3H3,(H,15,18). The molecule has 0 atom stereocenters. The van der Waals surface area contributed by atoms with Crippen molar-refractivity contribution < 1.29 is 0 Å². The molecule has 5 heteroatoms. The zero-order valence-corrected chi connectivity index (χ0v) is 10.6. The Kier molecular flexibility index (Phi) is 2.23.